The van der Waals surface area contributed by atoms with Crippen LogP contribution < -0.4 is 0 Å². The Morgan fingerprint density at radius 3 is 1.43 bits per heavy atom. The average molecular weight is 372 g/mol. The molecular weight excluding hydrogens is 367 g/mol. The van der Waals surface area contributed by atoms with E-state index < -0.39 is 14.7 Å². The van der Waals surface area contributed by atoms with Crippen LogP contribution in [0.5, 0.6) is 0 Å². The summed E-state index contributed by atoms with van der Waals surface area (Å²) in [7, 11) is 0. The van der Waals surface area contributed by atoms with Crippen molar-refractivity contribution in [3.05, 3.63) is 19.6 Å². The quantitative estimate of drug-likeness (QED) is 0.571. The van der Waals surface area contributed by atoms with E-state index in [4.69, 9.17) is 0 Å². The van der Waals surface area contributed by atoms with Gasteiger partial charge in [0.2, 0.25) is 0 Å². The molecule has 0 aromatic rings. The van der Waals surface area contributed by atoms with Gasteiger partial charge in [-0.2, -0.15) is 0 Å². The van der Waals surface area contributed by atoms with E-state index in [1.807, 2.05) is 0 Å². The van der Waals surface area contributed by atoms with E-state index in [0.29, 0.717) is 0 Å². The minimum absolute atomic E-state index is 1.11. The first-order valence-electron chi connectivity index (χ1n) is 1.38. The molecule has 0 bridgehead atoms. The topological polar surface area (TPSA) is 0 Å². The summed E-state index contributed by atoms with van der Waals surface area (Å²) in [5, 5.41) is 0. The molecule has 0 aliphatic carbocycles. The number of allylic oxidation sites excluding steroid dienone is 1. The Hall–Kier alpha value is 1.93. The molecule has 0 amide bonds. The number of hydrogen-bond acceptors (Lipinski definition) is 0. The normalized spacial score (nSPS) is 5.57. The maximum absolute atomic E-state index is 3.30. The summed E-state index contributed by atoms with van der Waals surface area (Å²) in [5.41, 5.74) is 0. The van der Waals surface area contributed by atoms with Gasteiger partial charge >= 0.3 is 51.4 Å². The monoisotopic (exact) mass is 368 g/mol. The fourth-order valence-electron chi connectivity index (χ4n) is 0. The van der Waals surface area contributed by atoms with Crippen LogP contribution >= 0.6 is 36.7 Å². The molecule has 0 fully saturated rings. The standard InChI is InChI=1S/C3H5.3BrH.Zr/c1-3-2;;;;/h3H,1-2H2;3*1H;/q-1;;;;+3/p-3. The molecule has 0 spiro atoms. The summed E-state index contributed by atoms with van der Waals surface area (Å²) in [6, 6.07) is 0. The van der Waals surface area contributed by atoms with Crippen molar-refractivity contribution in [2.45, 2.75) is 0 Å². The van der Waals surface area contributed by atoms with Crippen LogP contribution in [0.1, 0.15) is 0 Å². The molecule has 0 aromatic carbocycles. The molecule has 43 valence electrons. The van der Waals surface area contributed by atoms with Crippen LogP contribution in [0.25, 0.3) is 0 Å². The Labute approximate surface area is 69.8 Å². The molecule has 0 aliphatic rings. The Bertz CT molecular complexity index is 34.4. The van der Waals surface area contributed by atoms with E-state index >= 15 is 0 Å². The van der Waals surface area contributed by atoms with Crippen LogP contribution in [0.4, 0.5) is 0 Å². The van der Waals surface area contributed by atoms with E-state index in [1.165, 1.54) is 6.08 Å². The van der Waals surface area contributed by atoms with Gasteiger partial charge in [0.15, 0.2) is 0 Å². The first-order chi connectivity index (χ1) is 3.15. The Balaban J connectivity index is 0. The summed E-state index contributed by atoms with van der Waals surface area (Å²) < 4.78 is 0. The zero-order valence-electron chi connectivity index (χ0n) is 3.63. The van der Waals surface area contributed by atoms with E-state index in [0.717, 1.165) is 0 Å². The number of halogens is 3. The van der Waals surface area contributed by atoms with Gasteiger partial charge in [-0.3, -0.25) is 0 Å². The molecule has 0 unspecified atom stereocenters. The van der Waals surface area contributed by atoms with Crippen molar-refractivity contribution in [3.63, 3.8) is 0 Å². The second kappa shape index (κ2) is 10.8. The fraction of sp³-hybridized carbons (Fsp3) is 0. The molecule has 0 rings (SSSR count). The van der Waals surface area contributed by atoms with Crippen molar-refractivity contribution in [2.24, 2.45) is 0 Å². The van der Waals surface area contributed by atoms with Gasteiger partial charge in [-0.1, -0.05) is 0 Å². The van der Waals surface area contributed by atoms with E-state index in [2.05, 4.69) is 50.2 Å². The van der Waals surface area contributed by atoms with Gasteiger partial charge in [-0.05, 0) is 0 Å². The maximum atomic E-state index is 3.30. The van der Waals surface area contributed by atoms with E-state index in [-0.39, 0.29) is 0 Å². The zero-order chi connectivity index (χ0) is 6.28. The summed E-state index contributed by atoms with van der Waals surface area (Å²) in [6.45, 7) is 6.50. The molecule has 0 radical (unpaired) electrons. The summed E-state index contributed by atoms with van der Waals surface area (Å²) in [4.78, 5) is 0. The van der Waals surface area contributed by atoms with Gasteiger partial charge in [-0.15, -0.1) is 0 Å². The van der Waals surface area contributed by atoms with Gasteiger partial charge in [0.05, 0.1) is 0 Å². The molecule has 0 atom stereocenters. The van der Waals surface area contributed by atoms with Crippen molar-refractivity contribution in [1.82, 2.24) is 0 Å². The fourth-order valence-corrected chi connectivity index (χ4v) is 0. The second-order valence-electron chi connectivity index (χ2n) is 0.503. The SMILES string of the molecule is C=C[CH2-].[Br][Zr]([Br])[Br]. The van der Waals surface area contributed by atoms with Crippen LogP contribution in [0, 0.1) is 6.92 Å². The van der Waals surface area contributed by atoms with E-state index in [9.17, 15) is 0 Å². The van der Waals surface area contributed by atoms with Gasteiger partial charge in [0.25, 0.3) is 0 Å². The summed E-state index contributed by atoms with van der Waals surface area (Å²) >= 11 is 8.80. The van der Waals surface area contributed by atoms with Gasteiger partial charge in [0, 0.05) is 0 Å². The molecule has 0 saturated carbocycles. The predicted molar refractivity (Wildman–Crippen MR) is 42.3 cm³/mol. The van der Waals surface area contributed by atoms with Crippen LogP contribution in [0.3, 0.4) is 0 Å². The van der Waals surface area contributed by atoms with Crippen LogP contribution in [0.15, 0.2) is 12.7 Å². The summed E-state index contributed by atoms with van der Waals surface area (Å²) in [6.07, 6.45) is 1.50. The van der Waals surface area contributed by atoms with Crippen molar-refractivity contribution < 1.29 is 14.7 Å². The molecule has 0 aliphatic heterocycles. The van der Waals surface area contributed by atoms with Gasteiger partial charge in [-0.25, -0.2) is 19.6 Å². The Morgan fingerprint density at radius 2 is 1.43 bits per heavy atom. The Morgan fingerprint density at radius 1 is 1.43 bits per heavy atom. The molecule has 7 heavy (non-hydrogen) atoms. The third-order valence-electron chi connectivity index (χ3n) is 0. The van der Waals surface area contributed by atoms with Crippen LogP contribution in [-0.4, -0.2) is 0 Å². The molecule has 0 heterocycles. The predicted octanol–water partition coefficient (Wildman–Crippen LogP) is 3.54. The third-order valence-corrected chi connectivity index (χ3v) is 0. The van der Waals surface area contributed by atoms with Crippen LogP contribution in [-0.2, 0) is 14.7 Å². The van der Waals surface area contributed by atoms with Crippen molar-refractivity contribution in [3.8, 4) is 0 Å². The minimum atomic E-state index is -1.11. The number of hydrogen-bond donors (Lipinski definition) is 0. The molecule has 0 N–H and O–H groups in total. The molecular formula is C3H5Br3Zr-. The number of rotatable bonds is 0. The van der Waals surface area contributed by atoms with Crippen molar-refractivity contribution in [2.75, 3.05) is 0 Å². The summed E-state index contributed by atoms with van der Waals surface area (Å²) in [5.74, 6) is 0. The first kappa shape index (κ1) is 11.7. The van der Waals surface area contributed by atoms with Crippen LogP contribution in [0.2, 0.25) is 0 Å². The molecule has 0 nitrogen and oxygen atoms in total. The Kier molecular flexibility index (Phi) is 18.1. The van der Waals surface area contributed by atoms with E-state index in [1.54, 1.807) is 0 Å². The van der Waals surface area contributed by atoms with Crippen molar-refractivity contribution in [1.29, 1.82) is 0 Å². The second-order valence-corrected chi connectivity index (χ2v) is 34.5. The zero-order valence-corrected chi connectivity index (χ0v) is 10.8. The average Bonchev–Trinajstić information content (AvgIpc) is 1.33. The van der Waals surface area contributed by atoms with Crippen molar-refractivity contribution >= 4 is 36.7 Å². The molecule has 0 saturated heterocycles. The third kappa shape index (κ3) is 74.7. The first-order valence-corrected chi connectivity index (χ1v) is 18.2. The van der Waals surface area contributed by atoms with Gasteiger partial charge < -0.3 is 0 Å². The van der Waals surface area contributed by atoms with Gasteiger partial charge in [0.1, 0.15) is 0 Å². The molecule has 4 heteroatoms. The molecule has 0 aromatic heterocycles.